The van der Waals surface area contributed by atoms with Gasteiger partial charge in [0.05, 0.1) is 10.2 Å². The van der Waals surface area contributed by atoms with Crippen molar-refractivity contribution in [1.29, 1.82) is 0 Å². The van der Waals surface area contributed by atoms with Crippen LogP contribution in [0, 0.1) is 0 Å². The van der Waals surface area contributed by atoms with E-state index in [-0.39, 0.29) is 5.75 Å². The van der Waals surface area contributed by atoms with Crippen molar-refractivity contribution < 1.29 is 5.11 Å². The molecule has 0 saturated heterocycles. The summed E-state index contributed by atoms with van der Waals surface area (Å²) in [5.74, 6) is 0.214. The van der Waals surface area contributed by atoms with E-state index >= 15 is 0 Å². The lowest BCUT2D eigenvalue weighted by Gasteiger charge is -1.99. The average molecular weight is 268 g/mol. The van der Waals surface area contributed by atoms with Gasteiger partial charge >= 0.3 is 0 Å². The van der Waals surface area contributed by atoms with Gasteiger partial charge in [0, 0.05) is 11.3 Å². The van der Waals surface area contributed by atoms with Gasteiger partial charge in [-0.25, -0.2) is 4.98 Å². The highest BCUT2D eigenvalue weighted by atomic mass is 32.1. The molecule has 2 aromatic carbocycles. The molecule has 1 aromatic heterocycles. The van der Waals surface area contributed by atoms with Gasteiger partial charge in [-0.2, -0.15) is 0 Å². The Morgan fingerprint density at radius 2 is 1.95 bits per heavy atom. The van der Waals surface area contributed by atoms with E-state index in [2.05, 4.69) is 4.98 Å². The monoisotopic (exact) mass is 268 g/mol. The summed E-state index contributed by atoms with van der Waals surface area (Å²) in [6.07, 6.45) is 3.71. The summed E-state index contributed by atoms with van der Waals surface area (Å²) >= 11 is 1.62. The van der Waals surface area contributed by atoms with E-state index in [0.717, 1.165) is 15.2 Å². The molecule has 0 aliphatic carbocycles. The molecule has 3 rings (SSSR count). The number of rotatable bonds is 2. The van der Waals surface area contributed by atoms with Crippen molar-refractivity contribution in [2.24, 2.45) is 0 Å². The fourth-order valence-corrected chi connectivity index (χ4v) is 2.70. The largest absolute Gasteiger partial charge is 0.507 e. The Hall–Kier alpha value is -2.33. The van der Waals surface area contributed by atoms with Crippen LogP contribution in [0.2, 0.25) is 0 Å². The lowest BCUT2D eigenvalue weighted by Crippen LogP contribution is -1.84. The summed E-state index contributed by atoms with van der Waals surface area (Å²) in [6.45, 7) is 0. The number of aromatic nitrogens is 1. The highest BCUT2D eigenvalue weighted by molar-refractivity contribution is 7.19. The number of anilines is 1. The third kappa shape index (κ3) is 2.44. The normalized spacial score (nSPS) is 11.4. The molecule has 0 unspecified atom stereocenters. The third-order valence-corrected chi connectivity index (χ3v) is 3.77. The van der Waals surface area contributed by atoms with Gasteiger partial charge < -0.3 is 10.8 Å². The standard InChI is InChI=1S/C15H12N2OS/c16-11-6-7-13(18)10(9-11)5-8-15-17-12-3-1-2-4-14(12)19-15/h1-9,18H,16H2/b8-5+. The molecule has 0 atom stereocenters. The van der Waals surface area contributed by atoms with Crippen LogP contribution >= 0.6 is 11.3 Å². The second-order valence-corrected chi connectivity index (χ2v) is 5.23. The molecule has 4 heteroatoms. The number of hydrogen-bond acceptors (Lipinski definition) is 4. The smallest absolute Gasteiger partial charge is 0.122 e. The second-order valence-electron chi connectivity index (χ2n) is 4.17. The molecule has 3 aromatic rings. The first-order valence-electron chi connectivity index (χ1n) is 5.84. The Labute approximate surface area is 114 Å². The zero-order valence-electron chi connectivity index (χ0n) is 10.1. The van der Waals surface area contributed by atoms with E-state index in [1.807, 2.05) is 36.4 Å². The van der Waals surface area contributed by atoms with E-state index < -0.39 is 0 Å². The number of para-hydroxylation sites is 1. The zero-order valence-corrected chi connectivity index (χ0v) is 10.9. The number of nitrogen functional groups attached to an aromatic ring is 1. The number of aromatic hydroxyl groups is 1. The summed E-state index contributed by atoms with van der Waals surface area (Å²) in [5, 5.41) is 10.6. The molecule has 0 radical (unpaired) electrons. The van der Waals surface area contributed by atoms with Crippen LogP contribution in [-0.4, -0.2) is 10.1 Å². The minimum atomic E-state index is 0.214. The molecule has 0 fully saturated rings. The van der Waals surface area contributed by atoms with E-state index in [1.54, 1.807) is 29.5 Å². The SMILES string of the molecule is Nc1ccc(O)c(/C=C/c2nc3ccccc3s2)c1. The predicted octanol–water partition coefficient (Wildman–Crippen LogP) is 3.75. The first-order chi connectivity index (χ1) is 9.22. The van der Waals surface area contributed by atoms with Crippen LogP contribution in [0.25, 0.3) is 22.4 Å². The highest BCUT2D eigenvalue weighted by Crippen LogP contribution is 2.25. The maximum atomic E-state index is 9.73. The Morgan fingerprint density at radius 3 is 2.79 bits per heavy atom. The molecule has 94 valence electrons. The minimum Gasteiger partial charge on any atom is -0.507 e. The fraction of sp³-hybridized carbons (Fsp3) is 0. The number of fused-ring (bicyclic) bond motifs is 1. The van der Waals surface area contributed by atoms with Gasteiger partial charge in [-0.05, 0) is 42.5 Å². The van der Waals surface area contributed by atoms with Crippen molar-refractivity contribution in [3.8, 4) is 5.75 Å². The number of thiazole rings is 1. The average Bonchev–Trinajstić information content (AvgIpc) is 2.82. The van der Waals surface area contributed by atoms with Gasteiger partial charge in [0.2, 0.25) is 0 Å². The highest BCUT2D eigenvalue weighted by Gasteiger charge is 2.01. The molecule has 0 aliphatic heterocycles. The van der Waals surface area contributed by atoms with Crippen LogP contribution in [-0.2, 0) is 0 Å². The summed E-state index contributed by atoms with van der Waals surface area (Å²) < 4.78 is 1.15. The maximum absolute atomic E-state index is 9.73. The first kappa shape index (κ1) is 11.7. The summed E-state index contributed by atoms with van der Waals surface area (Å²) in [7, 11) is 0. The van der Waals surface area contributed by atoms with Crippen LogP contribution in [0.1, 0.15) is 10.6 Å². The van der Waals surface area contributed by atoms with Crippen molar-refractivity contribution in [3.05, 3.63) is 53.0 Å². The van der Waals surface area contributed by atoms with E-state index in [0.29, 0.717) is 11.3 Å². The quantitative estimate of drug-likeness (QED) is 0.549. The molecule has 3 N–H and O–H groups in total. The van der Waals surface area contributed by atoms with Crippen LogP contribution in [0.4, 0.5) is 5.69 Å². The van der Waals surface area contributed by atoms with Crippen molar-refractivity contribution in [2.75, 3.05) is 5.73 Å². The van der Waals surface area contributed by atoms with Gasteiger partial charge in [-0.3, -0.25) is 0 Å². The Balaban J connectivity index is 1.95. The number of nitrogens with zero attached hydrogens (tertiary/aromatic N) is 1. The maximum Gasteiger partial charge on any atom is 0.122 e. The summed E-state index contributed by atoms with van der Waals surface area (Å²) in [5.41, 5.74) is 8.01. The minimum absolute atomic E-state index is 0.214. The van der Waals surface area contributed by atoms with E-state index in [9.17, 15) is 5.11 Å². The number of benzene rings is 2. The zero-order chi connectivity index (χ0) is 13.2. The van der Waals surface area contributed by atoms with Gasteiger partial charge in [0.15, 0.2) is 0 Å². The molecular formula is C15H12N2OS. The van der Waals surface area contributed by atoms with Gasteiger partial charge in [-0.15, -0.1) is 11.3 Å². The lowest BCUT2D eigenvalue weighted by molar-refractivity contribution is 0.474. The summed E-state index contributed by atoms with van der Waals surface area (Å²) in [6, 6.07) is 13.0. The van der Waals surface area contributed by atoms with Crippen LogP contribution in [0.3, 0.4) is 0 Å². The second kappa shape index (κ2) is 4.74. The number of nitrogens with two attached hydrogens (primary N) is 1. The van der Waals surface area contributed by atoms with Crippen molar-refractivity contribution >= 4 is 39.4 Å². The molecule has 1 heterocycles. The van der Waals surface area contributed by atoms with Crippen LogP contribution in [0.5, 0.6) is 5.75 Å². The molecular weight excluding hydrogens is 256 g/mol. The Bertz CT molecular complexity index is 729. The van der Waals surface area contributed by atoms with Gasteiger partial charge in [0.25, 0.3) is 0 Å². The van der Waals surface area contributed by atoms with Crippen molar-refractivity contribution in [2.45, 2.75) is 0 Å². The molecule has 0 saturated carbocycles. The van der Waals surface area contributed by atoms with Crippen molar-refractivity contribution in [3.63, 3.8) is 0 Å². The van der Waals surface area contributed by atoms with E-state index in [4.69, 9.17) is 5.73 Å². The molecule has 19 heavy (non-hydrogen) atoms. The van der Waals surface area contributed by atoms with E-state index in [1.165, 1.54) is 0 Å². The molecule has 0 aliphatic rings. The van der Waals surface area contributed by atoms with Gasteiger partial charge in [-0.1, -0.05) is 12.1 Å². The first-order valence-corrected chi connectivity index (χ1v) is 6.66. The number of hydrogen-bond donors (Lipinski definition) is 2. The molecule has 3 nitrogen and oxygen atoms in total. The molecule has 0 bridgehead atoms. The number of phenols is 1. The third-order valence-electron chi connectivity index (χ3n) is 2.77. The fourth-order valence-electron chi connectivity index (χ4n) is 1.83. The Morgan fingerprint density at radius 1 is 1.11 bits per heavy atom. The molecule has 0 spiro atoms. The van der Waals surface area contributed by atoms with Crippen molar-refractivity contribution in [1.82, 2.24) is 4.98 Å². The summed E-state index contributed by atoms with van der Waals surface area (Å²) in [4.78, 5) is 4.50. The Kier molecular flexibility index (Phi) is 2.93. The predicted molar refractivity (Wildman–Crippen MR) is 81.1 cm³/mol. The topological polar surface area (TPSA) is 59.1 Å². The number of phenolic OH excluding ortho intramolecular Hbond substituents is 1. The van der Waals surface area contributed by atoms with Crippen LogP contribution in [0.15, 0.2) is 42.5 Å². The van der Waals surface area contributed by atoms with Crippen LogP contribution < -0.4 is 5.73 Å². The van der Waals surface area contributed by atoms with Gasteiger partial charge in [0.1, 0.15) is 10.8 Å². The lowest BCUT2D eigenvalue weighted by atomic mass is 10.1. The molecule has 0 amide bonds.